The Morgan fingerprint density at radius 3 is 2.58 bits per heavy atom. The topological polar surface area (TPSA) is 87.7 Å². The number of benzene rings is 2. The van der Waals surface area contributed by atoms with E-state index in [1.807, 2.05) is 68.4 Å². The molecule has 0 aliphatic carbocycles. The first-order valence-corrected chi connectivity index (χ1v) is 11.5. The van der Waals surface area contributed by atoms with Gasteiger partial charge in [0.15, 0.2) is 5.60 Å². The van der Waals surface area contributed by atoms with Crippen LogP contribution in [-0.4, -0.2) is 60.0 Å². The number of rotatable bonds is 6. The van der Waals surface area contributed by atoms with Crippen molar-refractivity contribution in [1.29, 1.82) is 0 Å². The monoisotopic (exact) mass is 449 g/mol. The van der Waals surface area contributed by atoms with Gasteiger partial charge in [0.2, 0.25) is 11.8 Å². The van der Waals surface area contributed by atoms with Crippen LogP contribution in [0.15, 0.2) is 54.6 Å². The molecule has 2 aliphatic heterocycles. The lowest BCUT2D eigenvalue weighted by Crippen LogP contribution is -2.64. The Kier molecular flexibility index (Phi) is 6.79. The Balaban J connectivity index is 1.65. The van der Waals surface area contributed by atoms with Gasteiger partial charge in [0, 0.05) is 25.4 Å². The number of carbonyl (C=O) groups excluding carboxylic acids is 3. The van der Waals surface area contributed by atoms with Crippen LogP contribution in [0.3, 0.4) is 0 Å². The third-order valence-corrected chi connectivity index (χ3v) is 6.20. The average molecular weight is 450 g/mol. The predicted molar refractivity (Wildman–Crippen MR) is 125 cm³/mol. The highest BCUT2D eigenvalue weighted by molar-refractivity contribution is 5.92. The van der Waals surface area contributed by atoms with Crippen molar-refractivity contribution in [3.8, 4) is 11.1 Å². The number of hydrogen-bond donors (Lipinski definition) is 2. The Morgan fingerprint density at radius 2 is 1.88 bits per heavy atom. The maximum atomic E-state index is 13.5. The van der Waals surface area contributed by atoms with Crippen molar-refractivity contribution in [2.45, 2.75) is 50.8 Å². The average Bonchev–Trinajstić information content (AvgIpc) is 3.25. The highest BCUT2D eigenvalue weighted by atomic mass is 16.5. The van der Waals surface area contributed by atoms with Crippen LogP contribution in [0.2, 0.25) is 0 Å². The van der Waals surface area contributed by atoms with Crippen LogP contribution < -0.4 is 10.6 Å². The molecule has 2 heterocycles. The van der Waals surface area contributed by atoms with Crippen LogP contribution in [0.25, 0.3) is 11.1 Å². The smallest absolute Gasteiger partial charge is 0.254 e. The molecule has 2 N–H and O–H groups in total. The molecule has 0 unspecified atom stereocenters. The van der Waals surface area contributed by atoms with Crippen LogP contribution in [0.1, 0.15) is 32.3 Å². The van der Waals surface area contributed by atoms with Crippen molar-refractivity contribution in [2.24, 2.45) is 0 Å². The molecule has 0 bridgehead atoms. The molecule has 4 rings (SSSR count). The molecule has 0 spiro atoms. The summed E-state index contributed by atoms with van der Waals surface area (Å²) < 4.78 is 6.19. The van der Waals surface area contributed by atoms with Crippen LogP contribution in [0.5, 0.6) is 0 Å². The molecule has 2 fully saturated rings. The molecule has 3 amide bonds. The van der Waals surface area contributed by atoms with Crippen LogP contribution in [-0.2, 0) is 25.5 Å². The van der Waals surface area contributed by atoms with E-state index in [1.165, 1.54) is 0 Å². The molecule has 0 radical (unpaired) electrons. The summed E-state index contributed by atoms with van der Waals surface area (Å²) in [6.45, 7) is 4.60. The van der Waals surface area contributed by atoms with Crippen molar-refractivity contribution in [3.63, 3.8) is 0 Å². The fourth-order valence-corrected chi connectivity index (χ4v) is 4.59. The maximum Gasteiger partial charge on any atom is 0.254 e. The van der Waals surface area contributed by atoms with E-state index in [0.717, 1.165) is 16.7 Å². The maximum absolute atomic E-state index is 13.5. The Bertz CT molecular complexity index is 1020. The fourth-order valence-electron chi connectivity index (χ4n) is 4.59. The van der Waals surface area contributed by atoms with Gasteiger partial charge in [-0.2, -0.15) is 0 Å². The van der Waals surface area contributed by atoms with Crippen molar-refractivity contribution in [3.05, 3.63) is 60.2 Å². The number of carbonyl (C=O) groups is 3. The summed E-state index contributed by atoms with van der Waals surface area (Å²) in [5.41, 5.74) is 1.85. The Hall–Kier alpha value is -3.19. The van der Waals surface area contributed by atoms with E-state index in [9.17, 15) is 14.4 Å². The van der Waals surface area contributed by atoms with Gasteiger partial charge in [0.25, 0.3) is 5.91 Å². The van der Waals surface area contributed by atoms with Crippen molar-refractivity contribution in [2.75, 3.05) is 19.7 Å². The number of morpholine rings is 1. The summed E-state index contributed by atoms with van der Waals surface area (Å²) in [7, 11) is 0. The van der Waals surface area contributed by atoms with E-state index in [0.29, 0.717) is 25.8 Å². The molecule has 33 heavy (non-hydrogen) atoms. The quantitative estimate of drug-likeness (QED) is 0.709. The SMILES string of the molecule is CC(C)NC(=O)[C@@]1(Cc2ccccc2-c2ccccc2)CN(C(=O)[C@@H]2CCC(=O)N2)CCO1. The first-order valence-electron chi connectivity index (χ1n) is 11.5. The minimum atomic E-state index is -1.22. The number of nitrogens with zero attached hydrogens (tertiary/aromatic N) is 1. The molecule has 2 aromatic rings. The van der Waals surface area contributed by atoms with Gasteiger partial charge >= 0.3 is 0 Å². The molecule has 0 aromatic heterocycles. The zero-order valence-corrected chi connectivity index (χ0v) is 19.2. The second-order valence-corrected chi connectivity index (χ2v) is 9.09. The van der Waals surface area contributed by atoms with E-state index in [4.69, 9.17) is 4.74 Å². The molecule has 2 aliphatic rings. The van der Waals surface area contributed by atoms with E-state index in [-0.39, 0.29) is 36.9 Å². The van der Waals surface area contributed by atoms with Crippen LogP contribution in [0, 0.1) is 0 Å². The normalized spacial score (nSPS) is 22.8. The lowest BCUT2D eigenvalue weighted by atomic mass is 9.87. The van der Waals surface area contributed by atoms with Gasteiger partial charge in [-0.1, -0.05) is 54.6 Å². The van der Waals surface area contributed by atoms with E-state index >= 15 is 0 Å². The molecular formula is C26H31N3O4. The second-order valence-electron chi connectivity index (χ2n) is 9.09. The highest BCUT2D eigenvalue weighted by Gasteiger charge is 2.46. The van der Waals surface area contributed by atoms with Gasteiger partial charge in [-0.15, -0.1) is 0 Å². The van der Waals surface area contributed by atoms with E-state index in [2.05, 4.69) is 10.6 Å². The van der Waals surface area contributed by atoms with Crippen molar-refractivity contribution >= 4 is 17.7 Å². The number of amides is 3. The van der Waals surface area contributed by atoms with Gasteiger partial charge < -0.3 is 20.3 Å². The molecule has 7 heteroatoms. The van der Waals surface area contributed by atoms with E-state index < -0.39 is 11.6 Å². The molecule has 7 nitrogen and oxygen atoms in total. The number of nitrogens with one attached hydrogen (secondary N) is 2. The Labute approximate surface area is 194 Å². The largest absolute Gasteiger partial charge is 0.361 e. The van der Waals surface area contributed by atoms with Crippen LogP contribution in [0.4, 0.5) is 0 Å². The van der Waals surface area contributed by atoms with Crippen molar-refractivity contribution < 1.29 is 19.1 Å². The van der Waals surface area contributed by atoms with Gasteiger partial charge in [-0.3, -0.25) is 14.4 Å². The third-order valence-electron chi connectivity index (χ3n) is 6.20. The lowest BCUT2D eigenvalue weighted by Gasteiger charge is -2.43. The van der Waals surface area contributed by atoms with Gasteiger partial charge in [-0.05, 0) is 37.0 Å². The van der Waals surface area contributed by atoms with E-state index in [1.54, 1.807) is 4.90 Å². The number of ether oxygens (including phenoxy) is 1. The van der Waals surface area contributed by atoms with Gasteiger partial charge in [0.1, 0.15) is 6.04 Å². The zero-order chi connectivity index (χ0) is 23.4. The summed E-state index contributed by atoms with van der Waals surface area (Å²) >= 11 is 0. The fraction of sp³-hybridized carbons (Fsp3) is 0.423. The zero-order valence-electron chi connectivity index (χ0n) is 19.2. The van der Waals surface area contributed by atoms with Gasteiger partial charge in [0.05, 0.1) is 13.2 Å². The molecule has 2 atom stereocenters. The minimum absolute atomic E-state index is 0.0671. The van der Waals surface area contributed by atoms with Crippen molar-refractivity contribution in [1.82, 2.24) is 15.5 Å². The molecule has 2 aromatic carbocycles. The van der Waals surface area contributed by atoms with Crippen LogP contribution >= 0.6 is 0 Å². The first-order chi connectivity index (χ1) is 15.9. The van der Waals surface area contributed by atoms with Gasteiger partial charge in [-0.25, -0.2) is 0 Å². The molecule has 2 saturated heterocycles. The molecule has 0 saturated carbocycles. The summed E-state index contributed by atoms with van der Waals surface area (Å²) in [6.07, 6.45) is 1.17. The summed E-state index contributed by atoms with van der Waals surface area (Å²) in [5, 5.41) is 5.75. The summed E-state index contributed by atoms with van der Waals surface area (Å²) in [4.78, 5) is 39.9. The highest BCUT2D eigenvalue weighted by Crippen LogP contribution is 2.31. The summed E-state index contributed by atoms with van der Waals surface area (Å²) in [5.74, 6) is -0.488. The Morgan fingerprint density at radius 1 is 1.15 bits per heavy atom. The predicted octanol–water partition coefficient (Wildman–Crippen LogP) is 2.30. The first kappa shape index (κ1) is 23.0. The second kappa shape index (κ2) is 9.75. The minimum Gasteiger partial charge on any atom is -0.361 e. The lowest BCUT2D eigenvalue weighted by molar-refractivity contribution is -0.167. The molecule has 174 valence electrons. The molecular weight excluding hydrogens is 418 g/mol. The summed E-state index contributed by atoms with van der Waals surface area (Å²) in [6, 6.07) is 17.4. The number of hydrogen-bond acceptors (Lipinski definition) is 4. The standard InChI is InChI=1S/C26H31N3O4/c1-18(2)27-25(32)26(16-20-10-6-7-11-21(20)19-8-4-3-5-9-19)17-29(14-15-33-26)24(31)22-12-13-23(30)28-22/h3-11,18,22H,12-17H2,1-2H3,(H,27,32)(H,28,30)/t22-,26+/m0/s1. The third kappa shape index (κ3) is 5.09.